The van der Waals surface area contributed by atoms with Crippen LogP contribution in [0.25, 0.3) is 12.2 Å². The van der Waals surface area contributed by atoms with E-state index in [2.05, 4.69) is 112 Å². The number of hydrogen-bond acceptors (Lipinski definition) is 2. The Morgan fingerprint density at radius 1 is 0.352 bits per heavy atom. The smallest absolute Gasteiger partial charge is 0.135 e. The monoisotopic (exact) mass is 1060 g/mol. The topological polar surface area (TPSA) is 24.7 Å². The molecule has 0 saturated heterocycles. The average molecular weight is 1060 g/mol. The van der Waals surface area contributed by atoms with Crippen LogP contribution in [-0.4, -0.2) is 11.4 Å². The van der Waals surface area contributed by atoms with Crippen LogP contribution >= 0.6 is 0 Å². The van der Waals surface area contributed by atoms with Crippen LogP contribution in [0.5, 0.6) is 0 Å². The third-order valence-electron chi connectivity index (χ3n) is 14.3. The zero-order chi connectivity index (χ0) is 49.9. The summed E-state index contributed by atoms with van der Waals surface area (Å²) in [6.07, 6.45) is 68.8. The van der Waals surface area contributed by atoms with Gasteiger partial charge < -0.3 is 0 Å². The van der Waals surface area contributed by atoms with Crippen molar-refractivity contribution in [1.29, 1.82) is 0 Å². The van der Waals surface area contributed by atoms with Crippen molar-refractivity contribution < 1.29 is 20.4 Å². The van der Waals surface area contributed by atoms with Gasteiger partial charge in [-0.15, -0.1) is 0 Å². The molecule has 0 amide bonds. The minimum atomic E-state index is 0. The molecule has 0 saturated carbocycles. The SMILES string of the molecule is CCCCCCC#CC(=Nc1ccc(C=CCCCCCCCCCCCCCCCCCCC)cc1)C(CCCC)=Nc1ccc(C=CCCCCCCCCCCCCCCCCCCC)cc1.[Pd]. The summed E-state index contributed by atoms with van der Waals surface area (Å²) in [5, 5.41) is 0. The van der Waals surface area contributed by atoms with E-state index in [4.69, 9.17) is 9.98 Å². The van der Waals surface area contributed by atoms with Crippen LogP contribution in [0.4, 0.5) is 11.4 Å². The summed E-state index contributed by atoms with van der Waals surface area (Å²) in [5.74, 6) is 7.00. The first kappa shape index (κ1) is 66.5. The number of aliphatic imine (C=N–C) groups is 2. The molecule has 0 aromatic heterocycles. The van der Waals surface area contributed by atoms with Gasteiger partial charge in [-0.05, 0) is 86.3 Å². The summed E-state index contributed by atoms with van der Waals surface area (Å²) in [6.45, 7) is 9.13. The molecule has 2 aromatic rings. The zero-order valence-corrected chi connectivity index (χ0v) is 48.8. The molecule has 2 aromatic carbocycles. The predicted octanol–water partition coefficient (Wildman–Crippen LogP) is 23.8. The predicted molar refractivity (Wildman–Crippen MR) is 319 cm³/mol. The molecule has 0 fully saturated rings. The van der Waals surface area contributed by atoms with Crippen LogP contribution < -0.4 is 0 Å². The van der Waals surface area contributed by atoms with E-state index in [-0.39, 0.29) is 20.4 Å². The van der Waals surface area contributed by atoms with Gasteiger partial charge in [-0.3, -0.25) is 4.99 Å². The van der Waals surface area contributed by atoms with Crippen LogP contribution in [0.3, 0.4) is 0 Å². The molecule has 0 aliphatic heterocycles. The summed E-state index contributed by atoms with van der Waals surface area (Å²) >= 11 is 0. The minimum absolute atomic E-state index is 0. The number of unbranched alkanes of at least 4 members (excludes halogenated alkanes) is 39. The first-order chi connectivity index (χ1) is 34.7. The van der Waals surface area contributed by atoms with Crippen molar-refractivity contribution in [2.45, 2.75) is 310 Å². The molecule has 0 aliphatic rings. The Labute approximate surface area is 456 Å². The summed E-state index contributed by atoms with van der Waals surface area (Å²) in [6, 6.07) is 17.5. The van der Waals surface area contributed by atoms with Gasteiger partial charge in [-0.2, -0.15) is 0 Å². The maximum Gasteiger partial charge on any atom is 0.135 e. The Morgan fingerprint density at radius 3 is 0.986 bits per heavy atom. The van der Waals surface area contributed by atoms with Gasteiger partial charge in [0.2, 0.25) is 0 Å². The van der Waals surface area contributed by atoms with Crippen LogP contribution in [0.2, 0.25) is 0 Å². The molecule has 71 heavy (non-hydrogen) atoms. The molecule has 0 unspecified atom stereocenters. The van der Waals surface area contributed by atoms with Gasteiger partial charge in [0.1, 0.15) is 5.71 Å². The average Bonchev–Trinajstić information content (AvgIpc) is 3.38. The van der Waals surface area contributed by atoms with Gasteiger partial charge >= 0.3 is 0 Å². The van der Waals surface area contributed by atoms with Crippen molar-refractivity contribution in [3.63, 3.8) is 0 Å². The maximum atomic E-state index is 5.23. The number of nitrogens with zero attached hydrogens (tertiary/aromatic N) is 2. The maximum absolute atomic E-state index is 5.23. The van der Waals surface area contributed by atoms with Gasteiger partial charge in [0.15, 0.2) is 0 Å². The molecule has 0 atom stereocenters. The van der Waals surface area contributed by atoms with Gasteiger partial charge in [0, 0.05) is 26.8 Å². The van der Waals surface area contributed by atoms with Crippen molar-refractivity contribution >= 4 is 35.0 Å². The molecule has 2 nitrogen and oxygen atoms in total. The number of hydrogen-bond donors (Lipinski definition) is 0. The van der Waals surface area contributed by atoms with E-state index in [0.717, 1.165) is 67.7 Å². The quantitative estimate of drug-likeness (QED) is 0.0273. The summed E-state index contributed by atoms with van der Waals surface area (Å²) in [4.78, 5) is 10.4. The van der Waals surface area contributed by atoms with Crippen molar-refractivity contribution in [3.05, 3.63) is 71.8 Å². The molecule has 0 heterocycles. The third-order valence-corrected chi connectivity index (χ3v) is 14.3. The number of rotatable bonds is 48. The van der Waals surface area contributed by atoms with E-state index in [0.29, 0.717) is 0 Å². The largest absolute Gasteiger partial charge is 0.251 e. The molecule has 0 radical (unpaired) electrons. The summed E-state index contributed by atoms with van der Waals surface area (Å²) in [7, 11) is 0. The first-order valence-electron chi connectivity index (χ1n) is 30.9. The van der Waals surface area contributed by atoms with E-state index in [1.165, 1.54) is 249 Å². The minimum Gasteiger partial charge on any atom is -0.251 e. The van der Waals surface area contributed by atoms with Gasteiger partial charge in [-0.25, -0.2) is 4.99 Å². The van der Waals surface area contributed by atoms with Crippen LogP contribution in [-0.2, 0) is 20.4 Å². The first-order valence-corrected chi connectivity index (χ1v) is 30.9. The molecular weight excluding hydrogens is 951 g/mol. The Balaban J connectivity index is 0.0000252. The van der Waals surface area contributed by atoms with E-state index in [9.17, 15) is 0 Å². The van der Waals surface area contributed by atoms with E-state index in [1.807, 2.05) is 0 Å². The standard InChI is InChI=1S/C68H112N2.Pd/c1-5-9-13-16-19-21-23-25-27-29-31-33-35-37-39-41-43-45-48-51-63-55-59-65(60-56-63)69-67(53-12-8-4)68(54-50-47-18-15-11-7-3)70-66-61-57-64(58-62-66)52-49-46-44-42-40-38-36-34-32-30-28-26-24-22-20-17-14-10-6-2;/h48-49,51-52,55-62H,5-47,53H2,1-4H3;. The molecule has 0 aliphatic carbocycles. The van der Waals surface area contributed by atoms with E-state index < -0.39 is 0 Å². The van der Waals surface area contributed by atoms with Gasteiger partial charge in [-0.1, -0.05) is 313 Å². The van der Waals surface area contributed by atoms with Crippen LogP contribution in [0.1, 0.15) is 321 Å². The van der Waals surface area contributed by atoms with E-state index in [1.54, 1.807) is 0 Å². The molecule has 2 rings (SSSR count). The second kappa shape index (κ2) is 52.3. The Bertz CT molecular complexity index is 1620. The fraction of sp³-hybridized carbons (Fsp3) is 0.706. The van der Waals surface area contributed by atoms with Crippen molar-refractivity contribution in [2.75, 3.05) is 0 Å². The second-order valence-electron chi connectivity index (χ2n) is 21.1. The zero-order valence-electron chi connectivity index (χ0n) is 47.3. The van der Waals surface area contributed by atoms with Crippen molar-refractivity contribution in [1.82, 2.24) is 0 Å². The van der Waals surface area contributed by atoms with Crippen molar-refractivity contribution in [2.24, 2.45) is 9.98 Å². The van der Waals surface area contributed by atoms with Crippen LogP contribution in [0, 0.1) is 11.8 Å². The van der Waals surface area contributed by atoms with E-state index >= 15 is 0 Å². The van der Waals surface area contributed by atoms with Gasteiger partial charge in [0.05, 0.1) is 17.1 Å². The number of allylic oxidation sites excluding steroid dienone is 2. The second-order valence-corrected chi connectivity index (χ2v) is 21.1. The molecular formula is C68H112N2Pd. The molecule has 404 valence electrons. The number of benzene rings is 2. The van der Waals surface area contributed by atoms with Crippen LogP contribution in [0.15, 0.2) is 70.7 Å². The molecule has 0 bridgehead atoms. The summed E-state index contributed by atoms with van der Waals surface area (Å²) in [5.41, 5.74) is 6.24. The normalized spacial score (nSPS) is 12.0. The Morgan fingerprint density at radius 2 is 0.648 bits per heavy atom. The summed E-state index contributed by atoms with van der Waals surface area (Å²) < 4.78 is 0. The van der Waals surface area contributed by atoms with Gasteiger partial charge in [0.25, 0.3) is 0 Å². The molecule has 0 N–H and O–H groups in total. The van der Waals surface area contributed by atoms with Crippen molar-refractivity contribution in [3.8, 4) is 11.8 Å². The third kappa shape index (κ3) is 41.5. The Hall–Kier alpha value is -2.52. The molecule has 0 spiro atoms. The fourth-order valence-electron chi connectivity index (χ4n) is 9.54. The Kier molecular flexibility index (Phi) is 49.0. The fourth-order valence-corrected chi connectivity index (χ4v) is 9.54. The molecule has 3 heteroatoms.